The average Bonchev–Trinajstić information content (AvgIpc) is 3.48. The van der Waals surface area contributed by atoms with Gasteiger partial charge < -0.3 is 19.8 Å². The van der Waals surface area contributed by atoms with E-state index in [2.05, 4.69) is 24.3 Å². The third-order valence-electron chi connectivity index (χ3n) is 3.19. The first kappa shape index (κ1) is 26.1. The zero-order valence-electron chi connectivity index (χ0n) is 15.8. The van der Waals surface area contributed by atoms with E-state index in [1.54, 1.807) is 36.4 Å². The average molecular weight is 420 g/mol. The van der Waals surface area contributed by atoms with E-state index in [0.717, 1.165) is 12.8 Å². The summed E-state index contributed by atoms with van der Waals surface area (Å²) in [6, 6.07) is 16.1. The van der Waals surface area contributed by atoms with E-state index < -0.39 is 11.9 Å². The van der Waals surface area contributed by atoms with Crippen LogP contribution in [0.3, 0.4) is 0 Å². The van der Waals surface area contributed by atoms with E-state index in [1.807, 2.05) is 24.3 Å². The van der Waals surface area contributed by atoms with Crippen LogP contribution in [0, 0.1) is 12.2 Å². The summed E-state index contributed by atoms with van der Waals surface area (Å²) in [7, 11) is 0. The molecule has 4 rings (SSSR count). The summed E-state index contributed by atoms with van der Waals surface area (Å²) in [5.74, 6) is -2.26. The van der Waals surface area contributed by atoms with E-state index in [1.165, 1.54) is 24.3 Å². The van der Waals surface area contributed by atoms with Crippen LogP contribution in [0.5, 0.6) is 0 Å². The topological polar surface area (TPSA) is 80.3 Å². The number of hydrogen-bond acceptors (Lipinski definition) is 4. The fraction of sp³-hybridized carbons (Fsp3) is 0.0833. The van der Waals surface area contributed by atoms with Crippen molar-refractivity contribution in [3.8, 4) is 0 Å². The molecule has 2 aromatic carbocycles. The molecule has 0 atom stereocenters. The Morgan fingerprint density at radius 1 is 0.655 bits per heavy atom. The zero-order valence-corrected chi connectivity index (χ0v) is 17.3. The van der Waals surface area contributed by atoms with Gasteiger partial charge >= 0.3 is 21.7 Å². The van der Waals surface area contributed by atoms with Gasteiger partial charge in [0.15, 0.2) is 0 Å². The molecule has 0 N–H and O–H groups in total. The summed E-state index contributed by atoms with van der Waals surface area (Å²) in [5, 5.41) is 20.2. The Kier molecular flexibility index (Phi) is 15.4. The van der Waals surface area contributed by atoms with Gasteiger partial charge in [-0.25, -0.2) is 24.3 Å². The Balaban J connectivity index is 0.000000369. The van der Waals surface area contributed by atoms with Crippen LogP contribution < -0.4 is 10.2 Å². The van der Waals surface area contributed by atoms with Gasteiger partial charge in [0.05, 0.1) is 11.9 Å². The molecule has 0 bridgehead atoms. The Morgan fingerprint density at radius 2 is 1.00 bits per heavy atom. The number of carboxylic acids is 2. The molecule has 0 aliphatic heterocycles. The number of benzene rings is 2. The second-order valence-corrected chi connectivity index (χ2v) is 5.31. The van der Waals surface area contributed by atoms with E-state index in [9.17, 15) is 19.8 Å². The van der Waals surface area contributed by atoms with E-state index in [4.69, 9.17) is 0 Å². The molecule has 0 saturated carbocycles. The number of hydrogen-bond donors (Lipinski definition) is 0. The first-order valence-corrected chi connectivity index (χ1v) is 8.57. The van der Waals surface area contributed by atoms with Crippen molar-refractivity contribution < 1.29 is 41.5 Å². The molecule has 0 heterocycles. The predicted octanol–water partition coefficient (Wildman–Crippen LogP) is 2.71. The number of allylic oxidation sites excluding steroid dienone is 8. The molecule has 0 unspecified atom stereocenters. The molecule has 0 spiro atoms. The molecule has 2 aliphatic carbocycles. The molecular formula is C24H20O4Ti. The van der Waals surface area contributed by atoms with Gasteiger partial charge in [-0.05, 0) is 11.1 Å². The summed E-state index contributed by atoms with van der Waals surface area (Å²) in [6.45, 7) is 0. The Bertz CT molecular complexity index is 731. The van der Waals surface area contributed by atoms with Crippen molar-refractivity contribution in [2.75, 3.05) is 0 Å². The number of aromatic carboxylic acids is 2. The number of carboxylic acid groups (broad SMARTS) is 2. The van der Waals surface area contributed by atoms with E-state index in [0.29, 0.717) is 0 Å². The first-order chi connectivity index (χ1) is 13.6. The van der Waals surface area contributed by atoms with Crippen LogP contribution >= 0.6 is 0 Å². The molecule has 0 saturated heterocycles. The number of rotatable bonds is 2. The second kappa shape index (κ2) is 17.2. The van der Waals surface area contributed by atoms with Gasteiger partial charge in [-0.1, -0.05) is 60.7 Å². The molecule has 4 nitrogen and oxygen atoms in total. The Morgan fingerprint density at radius 3 is 1.14 bits per heavy atom. The molecule has 29 heavy (non-hydrogen) atoms. The van der Waals surface area contributed by atoms with Gasteiger partial charge in [-0.15, -0.1) is 12.8 Å². The number of carbonyl (C=O) groups is 2. The third-order valence-corrected chi connectivity index (χ3v) is 3.19. The van der Waals surface area contributed by atoms with Crippen molar-refractivity contribution in [3.05, 3.63) is 120 Å². The van der Waals surface area contributed by atoms with Crippen molar-refractivity contribution in [3.63, 3.8) is 0 Å². The van der Waals surface area contributed by atoms with Gasteiger partial charge in [-0.3, -0.25) is 12.2 Å². The van der Waals surface area contributed by atoms with E-state index in [-0.39, 0.29) is 32.8 Å². The van der Waals surface area contributed by atoms with Crippen LogP contribution in [0.25, 0.3) is 0 Å². The van der Waals surface area contributed by atoms with Crippen molar-refractivity contribution in [2.24, 2.45) is 0 Å². The SMILES string of the molecule is O=C([O-])c1ccccc1.O=C([O-])c1ccccc1.[C-]1=CC=CC1.[C-]1=CC=CC1.[Ti+4]. The first-order valence-electron chi connectivity index (χ1n) is 8.57. The predicted molar refractivity (Wildman–Crippen MR) is 105 cm³/mol. The molecule has 2 aromatic rings. The molecule has 0 aromatic heterocycles. The van der Waals surface area contributed by atoms with Crippen molar-refractivity contribution >= 4 is 11.9 Å². The van der Waals surface area contributed by atoms with Crippen LogP contribution in [0.2, 0.25) is 0 Å². The second-order valence-electron chi connectivity index (χ2n) is 5.31. The minimum absolute atomic E-state index is 0. The minimum Gasteiger partial charge on any atom is -0.545 e. The van der Waals surface area contributed by atoms with Gasteiger partial charge in [0.25, 0.3) is 0 Å². The summed E-state index contributed by atoms with van der Waals surface area (Å²) >= 11 is 0. The molecule has 2 aliphatic rings. The summed E-state index contributed by atoms with van der Waals surface area (Å²) < 4.78 is 0. The van der Waals surface area contributed by atoms with Crippen LogP contribution in [-0.2, 0) is 21.7 Å². The van der Waals surface area contributed by atoms with Crippen LogP contribution in [0.4, 0.5) is 0 Å². The molecule has 144 valence electrons. The maximum absolute atomic E-state index is 10.1. The Labute approximate surface area is 186 Å². The molecule has 5 heteroatoms. The molecule has 0 amide bonds. The number of carbonyl (C=O) groups excluding carboxylic acids is 2. The molecule has 0 fully saturated rings. The maximum Gasteiger partial charge on any atom is 4.00 e. The van der Waals surface area contributed by atoms with Crippen molar-refractivity contribution in [1.29, 1.82) is 0 Å². The van der Waals surface area contributed by atoms with E-state index >= 15 is 0 Å². The normalized spacial score (nSPS) is 11.6. The summed E-state index contributed by atoms with van der Waals surface area (Å²) in [5.41, 5.74) is 0.440. The molecule has 0 radical (unpaired) electrons. The third kappa shape index (κ3) is 13.8. The Hall–Kier alpha value is -2.95. The maximum atomic E-state index is 10.1. The van der Waals surface area contributed by atoms with Crippen LogP contribution in [-0.4, -0.2) is 11.9 Å². The smallest absolute Gasteiger partial charge is 0.545 e. The summed E-state index contributed by atoms with van der Waals surface area (Å²) in [6.07, 6.45) is 20.0. The van der Waals surface area contributed by atoms with Crippen molar-refractivity contribution in [2.45, 2.75) is 12.8 Å². The quantitative estimate of drug-likeness (QED) is 0.553. The van der Waals surface area contributed by atoms with Gasteiger partial charge in [0.1, 0.15) is 0 Å². The van der Waals surface area contributed by atoms with Crippen LogP contribution in [0.15, 0.2) is 97.1 Å². The van der Waals surface area contributed by atoms with Gasteiger partial charge in [0, 0.05) is 0 Å². The monoisotopic (exact) mass is 420 g/mol. The van der Waals surface area contributed by atoms with Crippen molar-refractivity contribution in [1.82, 2.24) is 0 Å². The van der Waals surface area contributed by atoms with Gasteiger partial charge in [0.2, 0.25) is 0 Å². The zero-order chi connectivity index (χ0) is 20.5. The fourth-order valence-electron chi connectivity index (χ4n) is 1.83. The fourth-order valence-corrected chi connectivity index (χ4v) is 1.83. The largest absolute Gasteiger partial charge is 4.00 e. The minimum atomic E-state index is -1.13. The molecular weight excluding hydrogens is 400 g/mol. The van der Waals surface area contributed by atoms with Gasteiger partial charge in [-0.2, -0.15) is 12.2 Å². The van der Waals surface area contributed by atoms with Crippen LogP contribution in [0.1, 0.15) is 33.6 Å². The standard InChI is InChI=1S/2C7H6O2.2C5H5.Ti/c2*8-7(9)6-4-2-1-3-5-6;2*1-2-4-5-3-1;/h2*1-5H,(H,8,9);2*1-3H,4H2;/q;;2*-1;+4/p-2. The summed E-state index contributed by atoms with van der Waals surface area (Å²) in [4.78, 5) is 20.2.